The molecular formula is C23H20FN3O4. The third-order valence-electron chi connectivity index (χ3n) is 5.02. The van der Waals surface area contributed by atoms with E-state index in [9.17, 15) is 19.2 Å². The van der Waals surface area contributed by atoms with Crippen LogP contribution in [0, 0.1) is 23.1 Å². The molecule has 2 aromatic carbocycles. The van der Waals surface area contributed by atoms with Gasteiger partial charge in [-0.2, -0.15) is 5.26 Å². The van der Waals surface area contributed by atoms with Gasteiger partial charge in [0.1, 0.15) is 17.6 Å². The van der Waals surface area contributed by atoms with E-state index in [-0.39, 0.29) is 17.1 Å². The van der Waals surface area contributed by atoms with Crippen LogP contribution in [0.3, 0.4) is 0 Å². The molecule has 0 bridgehead atoms. The Morgan fingerprint density at radius 3 is 2.29 bits per heavy atom. The van der Waals surface area contributed by atoms with Gasteiger partial charge in [-0.15, -0.1) is 0 Å². The van der Waals surface area contributed by atoms with Crippen LogP contribution in [0.1, 0.15) is 11.5 Å². The topological polar surface area (TPSA) is 106 Å². The molecule has 1 aliphatic rings. The SMILES string of the molecule is COC(=O)/C=C1\[C@H](C(=O)OC)[C@@H](c2ccc(F)cc2)C(C#N)=C(N)N1c1ccccc1. The summed E-state index contributed by atoms with van der Waals surface area (Å²) in [6, 6.07) is 16.2. The van der Waals surface area contributed by atoms with Crippen molar-refractivity contribution in [1.29, 1.82) is 5.26 Å². The van der Waals surface area contributed by atoms with E-state index in [1.807, 2.05) is 0 Å². The summed E-state index contributed by atoms with van der Waals surface area (Å²) < 4.78 is 23.3. The van der Waals surface area contributed by atoms with Crippen molar-refractivity contribution in [2.24, 2.45) is 11.7 Å². The fourth-order valence-electron chi connectivity index (χ4n) is 3.63. The number of hydrogen-bond acceptors (Lipinski definition) is 7. The number of nitrogens with two attached hydrogens (primary N) is 1. The Hall–Kier alpha value is -4.12. The van der Waals surface area contributed by atoms with Gasteiger partial charge in [0.15, 0.2) is 0 Å². The second-order valence-corrected chi connectivity index (χ2v) is 6.70. The zero-order valence-corrected chi connectivity index (χ0v) is 16.9. The van der Waals surface area contributed by atoms with Crippen LogP contribution in [0.4, 0.5) is 10.1 Å². The summed E-state index contributed by atoms with van der Waals surface area (Å²) in [5.74, 6) is -3.84. The van der Waals surface area contributed by atoms with Gasteiger partial charge in [0.05, 0.1) is 25.9 Å². The molecular weight excluding hydrogens is 401 g/mol. The van der Waals surface area contributed by atoms with Crippen molar-refractivity contribution in [3.63, 3.8) is 0 Å². The van der Waals surface area contributed by atoms with Gasteiger partial charge < -0.3 is 15.2 Å². The monoisotopic (exact) mass is 421 g/mol. The Kier molecular flexibility index (Phi) is 6.36. The fourth-order valence-corrected chi connectivity index (χ4v) is 3.63. The highest BCUT2D eigenvalue weighted by Crippen LogP contribution is 2.45. The summed E-state index contributed by atoms with van der Waals surface area (Å²) in [5.41, 5.74) is 7.67. The van der Waals surface area contributed by atoms with Crippen molar-refractivity contribution >= 4 is 17.6 Å². The first-order chi connectivity index (χ1) is 14.9. The molecule has 1 heterocycles. The minimum atomic E-state index is -1.11. The smallest absolute Gasteiger partial charge is 0.332 e. The van der Waals surface area contributed by atoms with Crippen LogP contribution in [-0.4, -0.2) is 26.2 Å². The van der Waals surface area contributed by atoms with Crippen LogP contribution in [0.2, 0.25) is 0 Å². The van der Waals surface area contributed by atoms with Gasteiger partial charge >= 0.3 is 11.9 Å². The lowest BCUT2D eigenvalue weighted by Crippen LogP contribution is -2.43. The third-order valence-corrected chi connectivity index (χ3v) is 5.02. The van der Waals surface area contributed by atoms with E-state index in [0.717, 1.165) is 6.08 Å². The Morgan fingerprint density at radius 2 is 1.74 bits per heavy atom. The zero-order chi connectivity index (χ0) is 22.5. The molecule has 7 nitrogen and oxygen atoms in total. The average Bonchev–Trinajstić information content (AvgIpc) is 2.79. The molecule has 0 saturated heterocycles. The number of carbonyl (C=O) groups is 2. The molecule has 1 aliphatic heterocycles. The number of nitrogens with zero attached hydrogens (tertiary/aromatic N) is 2. The molecule has 31 heavy (non-hydrogen) atoms. The van der Waals surface area contributed by atoms with Crippen molar-refractivity contribution in [1.82, 2.24) is 0 Å². The van der Waals surface area contributed by atoms with Crippen molar-refractivity contribution < 1.29 is 23.5 Å². The van der Waals surface area contributed by atoms with Gasteiger partial charge in [0.2, 0.25) is 0 Å². The van der Waals surface area contributed by atoms with E-state index < -0.39 is 29.6 Å². The first-order valence-electron chi connectivity index (χ1n) is 9.30. The summed E-state index contributed by atoms with van der Waals surface area (Å²) in [7, 11) is 2.42. The lowest BCUT2D eigenvalue weighted by molar-refractivity contribution is -0.144. The molecule has 2 aromatic rings. The molecule has 158 valence electrons. The fraction of sp³-hybridized carbons (Fsp3) is 0.174. The number of benzene rings is 2. The molecule has 0 spiro atoms. The number of ether oxygens (including phenoxy) is 2. The van der Waals surface area contributed by atoms with E-state index in [1.165, 1.54) is 43.4 Å². The number of halogens is 1. The van der Waals surface area contributed by atoms with Gasteiger partial charge in [0.25, 0.3) is 0 Å². The largest absolute Gasteiger partial charge is 0.468 e. The first-order valence-corrected chi connectivity index (χ1v) is 9.30. The van der Waals surface area contributed by atoms with E-state index in [2.05, 4.69) is 6.07 Å². The third kappa shape index (κ3) is 4.12. The minimum Gasteiger partial charge on any atom is -0.468 e. The molecule has 2 N–H and O–H groups in total. The molecule has 0 aromatic heterocycles. The summed E-state index contributed by atoms with van der Waals surface area (Å²) >= 11 is 0. The molecule has 0 unspecified atom stereocenters. The highest BCUT2D eigenvalue weighted by Gasteiger charge is 2.45. The van der Waals surface area contributed by atoms with E-state index in [0.29, 0.717) is 11.3 Å². The summed E-state index contributed by atoms with van der Waals surface area (Å²) in [6.45, 7) is 0. The summed E-state index contributed by atoms with van der Waals surface area (Å²) in [6.07, 6.45) is 1.14. The predicted octanol–water partition coefficient (Wildman–Crippen LogP) is 2.97. The van der Waals surface area contributed by atoms with Gasteiger partial charge in [-0.3, -0.25) is 9.69 Å². The molecule has 0 amide bonds. The molecule has 0 aliphatic carbocycles. The lowest BCUT2D eigenvalue weighted by Gasteiger charge is -2.40. The highest BCUT2D eigenvalue weighted by atomic mass is 19.1. The quantitative estimate of drug-likeness (QED) is 0.598. The number of carbonyl (C=O) groups excluding carboxylic acids is 2. The second-order valence-electron chi connectivity index (χ2n) is 6.70. The molecule has 0 saturated carbocycles. The van der Waals surface area contributed by atoms with E-state index in [4.69, 9.17) is 15.2 Å². The number of esters is 2. The van der Waals surface area contributed by atoms with Crippen LogP contribution in [0.5, 0.6) is 0 Å². The van der Waals surface area contributed by atoms with Crippen LogP contribution < -0.4 is 10.6 Å². The Balaban J connectivity index is 2.35. The Morgan fingerprint density at radius 1 is 1.10 bits per heavy atom. The molecule has 2 atom stereocenters. The van der Waals surface area contributed by atoms with Crippen LogP contribution in [0.15, 0.2) is 77.8 Å². The number of allylic oxidation sites excluding steroid dienone is 1. The van der Waals surface area contributed by atoms with Gasteiger partial charge in [0, 0.05) is 23.4 Å². The first kappa shape index (κ1) is 21.6. The summed E-state index contributed by atoms with van der Waals surface area (Å²) in [4.78, 5) is 26.6. The molecule has 3 rings (SSSR count). The van der Waals surface area contributed by atoms with Crippen LogP contribution in [-0.2, 0) is 19.1 Å². The predicted molar refractivity (Wildman–Crippen MR) is 110 cm³/mol. The Bertz CT molecular complexity index is 1090. The van der Waals surface area contributed by atoms with E-state index >= 15 is 0 Å². The number of methoxy groups -OCH3 is 2. The zero-order valence-electron chi connectivity index (χ0n) is 16.9. The van der Waals surface area contributed by atoms with Gasteiger partial charge in [-0.05, 0) is 29.8 Å². The summed E-state index contributed by atoms with van der Waals surface area (Å²) in [5, 5.41) is 9.95. The maximum Gasteiger partial charge on any atom is 0.332 e. The number of hydrogen-bond donors (Lipinski definition) is 1. The maximum absolute atomic E-state index is 13.5. The standard InChI is InChI=1S/C23H20FN3O4/c1-30-19(28)12-18-21(23(29)31-2)20(14-8-10-15(24)11-9-14)17(13-25)22(26)27(18)16-6-4-3-5-7-16/h3-12,20-21H,26H2,1-2H3/b18-12+/t20-,21-/m0/s1. The number of nitriles is 1. The van der Waals surface area contributed by atoms with E-state index in [1.54, 1.807) is 30.3 Å². The molecule has 0 fully saturated rings. The lowest BCUT2D eigenvalue weighted by atomic mass is 9.75. The second kappa shape index (κ2) is 9.13. The van der Waals surface area contributed by atoms with Crippen LogP contribution >= 0.6 is 0 Å². The van der Waals surface area contributed by atoms with Crippen molar-refractivity contribution in [2.75, 3.05) is 19.1 Å². The van der Waals surface area contributed by atoms with Crippen molar-refractivity contribution in [3.05, 3.63) is 89.1 Å². The number of rotatable bonds is 4. The van der Waals surface area contributed by atoms with Crippen molar-refractivity contribution in [3.8, 4) is 6.07 Å². The van der Waals surface area contributed by atoms with Crippen LogP contribution in [0.25, 0.3) is 0 Å². The Labute approximate surface area is 178 Å². The van der Waals surface area contributed by atoms with Gasteiger partial charge in [-0.1, -0.05) is 30.3 Å². The van der Waals surface area contributed by atoms with Crippen molar-refractivity contribution in [2.45, 2.75) is 5.92 Å². The molecule has 8 heteroatoms. The highest BCUT2D eigenvalue weighted by molar-refractivity contribution is 5.89. The average molecular weight is 421 g/mol. The molecule has 0 radical (unpaired) electrons. The maximum atomic E-state index is 13.5. The number of anilines is 1. The normalized spacial score (nSPS) is 19.7. The van der Waals surface area contributed by atoms with Gasteiger partial charge in [-0.25, -0.2) is 9.18 Å². The minimum absolute atomic E-state index is 0.0401. The number of para-hydroxylation sites is 1.